The molecular weight excluding hydrogens is 318 g/mol. The van der Waals surface area contributed by atoms with Gasteiger partial charge in [0.15, 0.2) is 0 Å². The minimum Gasteiger partial charge on any atom is -0.497 e. The minimum absolute atomic E-state index is 0.896. The smallest absolute Gasteiger partial charge is 0.118 e. The van der Waals surface area contributed by atoms with Gasteiger partial charge < -0.3 is 9.64 Å². The molecule has 0 radical (unpaired) electrons. The van der Waals surface area contributed by atoms with Crippen molar-refractivity contribution in [3.63, 3.8) is 0 Å². The van der Waals surface area contributed by atoms with Crippen LogP contribution in [0.3, 0.4) is 0 Å². The molecule has 2 nitrogen and oxygen atoms in total. The third-order valence-electron chi connectivity index (χ3n) is 4.93. The fraction of sp³-hybridized carbons (Fsp3) is 0.333. The van der Waals surface area contributed by atoms with Crippen molar-refractivity contribution in [1.82, 2.24) is 4.90 Å². The second-order valence-corrected chi connectivity index (χ2v) is 6.90. The monoisotopic (exact) mass is 347 g/mol. The van der Waals surface area contributed by atoms with Crippen LogP contribution in [0, 0.1) is 0 Å². The summed E-state index contributed by atoms with van der Waals surface area (Å²) in [5, 5.41) is 0. The van der Waals surface area contributed by atoms with E-state index in [2.05, 4.69) is 65.7 Å². The number of hydrogen-bond acceptors (Lipinski definition) is 2. The van der Waals surface area contributed by atoms with Gasteiger partial charge in [0.2, 0.25) is 0 Å². The van der Waals surface area contributed by atoms with Gasteiger partial charge >= 0.3 is 0 Å². The average Bonchev–Trinajstić information content (AvgIpc) is 2.72. The minimum atomic E-state index is 0.896. The third kappa shape index (κ3) is 5.80. The van der Waals surface area contributed by atoms with Gasteiger partial charge in [-0.15, -0.1) is 0 Å². The normalized spacial score (nSPS) is 14.3. The van der Waals surface area contributed by atoms with Crippen LogP contribution in [0.15, 0.2) is 72.4 Å². The molecule has 0 aromatic heterocycles. The van der Waals surface area contributed by atoms with Crippen molar-refractivity contribution >= 4 is 6.08 Å². The van der Waals surface area contributed by atoms with Crippen LogP contribution in [0.2, 0.25) is 0 Å². The molecule has 136 valence electrons. The van der Waals surface area contributed by atoms with E-state index >= 15 is 0 Å². The fourth-order valence-corrected chi connectivity index (χ4v) is 3.35. The lowest BCUT2D eigenvalue weighted by Gasteiger charge is -2.22. The molecule has 0 atom stereocenters. The number of methoxy groups -OCH3 is 1. The molecule has 0 aliphatic heterocycles. The van der Waals surface area contributed by atoms with Crippen LogP contribution in [0.25, 0.3) is 6.08 Å². The highest BCUT2D eigenvalue weighted by atomic mass is 16.5. The van der Waals surface area contributed by atoms with Crippen LogP contribution in [0.4, 0.5) is 0 Å². The number of nitrogens with zero attached hydrogens (tertiary/aromatic N) is 1. The van der Waals surface area contributed by atoms with Crippen molar-refractivity contribution in [2.45, 2.75) is 38.6 Å². The second-order valence-electron chi connectivity index (χ2n) is 6.90. The van der Waals surface area contributed by atoms with E-state index in [-0.39, 0.29) is 0 Å². The van der Waals surface area contributed by atoms with Gasteiger partial charge in [0.05, 0.1) is 7.11 Å². The van der Waals surface area contributed by atoms with E-state index in [0.717, 1.165) is 18.8 Å². The first-order valence-electron chi connectivity index (χ1n) is 9.61. The lowest BCUT2D eigenvalue weighted by molar-refractivity contribution is 0.372. The molecule has 0 amide bonds. The lowest BCUT2D eigenvalue weighted by atomic mass is 9.97. The van der Waals surface area contributed by atoms with Gasteiger partial charge in [-0.05, 0) is 67.6 Å². The van der Waals surface area contributed by atoms with Gasteiger partial charge in [-0.1, -0.05) is 54.1 Å². The predicted octanol–water partition coefficient (Wildman–Crippen LogP) is 6.06. The van der Waals surface area contributed by atoms with Gasteiger partial charge in [-0.2, -0.15) is 0 Å². The standard InChI is InChI=1S/C24H29NO/c1-26-24-14-12-22(13-15-24)17-19-25(20-23-10-6-3-7-11-23)18-16-21-8-4-2-5-9-21/h3,6-8,10-15,17,19H,2,4-5,9,16,18,20H2,1H3. The average molecular weight is 348 g/mol. The van der Waals surface area contributed by atoms with E-state index in [1.807, 2.05) is 12.1 Å². The molecule has 0 fully saturated rings. The first kappa shape index (κ1) is 18.3. The van der Waals surface area contributed by atoms with E-state index in [9.17, 15) is 0 Å². The SMILES string of the molecule is COc1ccc(C=CN(CCC2=CCCCC2)Cc2ccccc2)cc1. The molecule has 0 spiro atoms. The first-order chi connectivity index (χ1) is 12.8. The zero-order valence-corrected chi connectivity index (χ0v) is 15.7. The Morgan fingerprint density at radius 1 is 1.00 bits per heavy atom. The molecule has 2 aromatic rings. The molecule has 3 rings (SSSR count). The summed E-state index contributed by atoms with van der Waals surface area (Å²) in [4.78, 5) is 2.43. The van der Waals surface area contributed by atoms with Gasteiger partial charge in [0.25, 0.3) is 0 Å². The Balaban J connectivity index is 1.66. The molecule has 0 bridgehead atoms. The predicted molar refractivity (Wildman–Crippen MR) is 110 cm³/mol. The third-order valence-corrected chi connectivity index (χ3v) is 4.93. The molecule has 0 N–H and O–H groups in total. The molecule has 1 aliphatic carbocycles. The van der Waals surface area contributed by atoms with Crippen LogP contribution in [-0.2, 0) is 6.54 Å². The van der Waals surface area contributed by atoms with E-state index < -0.39 is 0 Å². The van der Waals surface area contributed by atoms with Crippen molar-refractivity contribution in [3.8, 4) is 5.75 Å². The maximum atomic E-state index is 5.24. The highest BCUT2D eigenvalue weighted by molar-refractivity contribution is 5.50. The van der Waals surface area contributed by atoms with Crippen LogP contribution >= 0.6 is 0 Å². The lowest BCUT2D eigenvalue weighted by Crippen LogP contribution is -2.19. The summed E-state index contributed by atoms with van der Waals surface area (Å²) in [5.41, 5.74) is 4.18. The van der Waals surface area contributed by atoms with E-state index in [1.165, 1.54) is 43.2 Å². The molecule has 1 aliphatic rings. The maximum Gasteiger partial charge on any atom is 0.118 e. The van der Waals surface area contributed by atoms with Crippen molar-refractivity contribution in [2.75, 3.05) is 13.7 Å². The summed E-state index contributed by atoms with van der Waals surface area (Å²) in [6, 6.07) is 18.9. The molecule has 0 saturated heterocycles. The Kier molecular flexibility index (Phi) is 6.95. The van der Waals surface area contributed by atoms with Crippen molar-refractivity contribution in [1.29, 1.82) is 0 Å². The van der Waals surface area contributed by atoms with Crippen LogP contribution in [0.5, 0.6) is 5.75 Å². The molecular formula is C24H29NO. The van der Waals surface area contributed by atoms with E-state index in [0.29, 0.717) is 0 Å². The Morgan fingerprint density at radius 3 is 2.50 bits per heavy atom. The first-order valence-corrected chi connectivity index (χ1v) is 9.61. The number of hydrogen-bond donors (Lipinski definition) is 0. The summed E-state index contributed by atoms with van der Waals surface area (Å²) in [6.07, 6.45) is 13.3. The molecule has 2 aromatic carbocycles. The number of allylic oxidation sites excluding steroid dienone is 1. The largest absolute Gasteiger partial charge is 0.497 e. The summed E-state index contributed by atoms with van der Waals surface area (Å²) < 4.78 is 5.24. The number of rotatable bonds is 8. The van der Waals surface area contributed by atoms with Crippen molar-refractivity contribution in [2.24, 2.45) is 0 Å². The van der Waals surface area contributed by atoms with E-state index in [1.54, 1.807) is 12.7 Å². The van der Waals surface area contributed by atoms with Crippen LogP contribution in [-0.4, -0.2) is 18.6 Å². The highest BCUT2D eigenvalue weighted by Gasteiger charge is 2.07. The van der Waals surface area contributed by atoms with Gasteiger partial charge in [0.1, 0.15) is 5.75 Å². The summed E-state index contributed by atoms with van der Waals surface area (Å²) in [5.74, 6) is 0.896. The number of ether oxygens (including phenoxy) is 1. The van der Waals surface area contributed by atoms with Crippen molar-refractivity contribution in [3.05, 3.63) is 83.6 Å². The summed E-state index contributed by atoms with van der Waals surface area (Å²) >= 11 is 0. The molecule has 0 heterocycles. The van der Waals surface area contributed by atoms with Crippen LogP contribution in [0.1, 0.15) is 43.2 Å². The Morgan fingerprint density at radius 2 is 1.81 bits per heavy atom. The highest BCUT2D eigenvalue weighted by Crippen LogP contribution is 2.21. The Labute approximate surface area is 157 Å². The number of benzene rings is 2. The van der Waals surface area contributed by atoms with E-state index in [4.69, 9.17) is 4.74 Å². The fourth-order valence-electron chi connectivity index (χ4n) is 3.35. The molecule has 26 heavy (non-hydrogen) atoms. The second kappa shape index (κ2) is 9.86. The molecule has 0 saturated carbocycles. The summed E-state index contributed by atoms with van der Waals surface area (Å²) in [7, 11) is 1.70. The quantitative estimate of drug-likeness (QED) is 0.538. The molecule has 0 unspecified atom stereocenters. The molecule has 2 heteroatoms. The summed E-state index contributed by atoms with van der Waals surface area (Å²) in [6.45, 7) is 2.01. The Hall–Kier alpha value is -2.48. The van der Waals surface area contributed by atoms with Gasteiger partial charge in [-0.25, -0.2) is 0 Å². The zero-order valence-electron chi connectivity index (χ0n) is 15.7. The zero-order chi connectivity index (χ0) is 18.0. The van der Waals surface area contributed by atoms with Gasteiger partial charge in [0, 0.05) is 13.1 Å². The van der Waals surface area contributed by atoms with Crippen LogP contribution < -0.4 is 4.74 Å². The van der Waals surface area contributed by atoms with Crippen molar-refractivity contribution < 1.29 is 4.74 Å². The topological polar surface area (TPSA) is 12.5 Å². The maximum absolute atomic E-state index is 5.24. The Bertz CT molecular complexity index is 716. The van der Waals surface area contributed by atoms with Gasteiger partial charge in [-0.3, -0.25) is 0 Å².